The number of hydrogen-bond acceptors (Lipinski definition) is 14. The lowest BCUT2D eigenvalue weighted by atomic mass is 9.82. The van der Waals surface area contributed by atoms with Crippen LogP contribution >= 0.6 is 0 Å². The monoisotopic (exact) mass is 782 g/mol. The van der Waals surface area contributed by atoms with E-state index in [9.17, 15) is 35.7 Å². The van der Waals surface area contributed by atoms with Gasteiger partial charge in [-0.25, -0.2) is 9.97 Å². The van der Waals surface area contributed by atoms with Crippen LogP contribution in [0.3, 0.4) is 0 Å². The molecule has 19 heteroatoms. The molecule has 0 bridgehead atoms. The van der Waals surface area contributed by atoms with Gasteiger partial charge in [0.05, 0.1) is 22.5 Å². The van der Waals surface area contributed by atoms with Gasteiger partial charge in [0.15, 0.2) is 17.4 Å². The number of carbonyl (C=O) groups is 2. The lowest BCUT2D eigenvalue weighted by Gasteiger charge is -2.25. The first kappa shape index (κ1) is 37.3. The number of nitrogens with one attached hydrogen (secondary N) is 4. The highest BCUT2D eigenvalue weighted by Gasteiger charge is 2.36. The molecule has 2 heterocycles. The van der Waals surface area contributed by atoms with Crippen LogP contribution in [0.5, 0.6) is 0 Å². The first-order valence-electron chi connectivity index (χ1n) is 16.5. The average molecular weight is 783 g/mol. The molecule has 1 aliphatic rings. The molecule has 6 aromatic rings. The highest BCUT2D eigenvalue weighted by molar-refractivity contribution is 7.86. The van der Waals surface area contributed by atoms with Crippen LogP contribution in [-0.4, -0.2) is 49.5 Å². The van der Waals surface area contributed by atoms with E-state index in [0.717, 1.165) is 18.0 Å². The van der Waals surface area contributed by atoms with Crippen molar-refractivity contribution in [2.45, 2.75) is 32.2 Å². The summed E-state index contributed by atoms with van der Waals surface area (Å²) < 4.78 is 77.6. The summed E-state index contributed by atoms with van der Waals surface area (Å²) in [5.74, 6) is -4.68. The minimum atomic E-state index is -4.97. The molecule has 4 aromatic carbocycles. The van der Waals surface area contributed by atoms with E-state index in [1.807, 2.05) is 13.0 Å². The SMILES string of the molecule is Cc1cc(C)c(Nc2cc(S(=O)(=O)O)c(N)c3c2C(=O)c2ccccc2C3=O)c(CNc2nc(F)nc(Nc3cc(Nc4ncnc(F)c4F)ccc3C)n2)c1. The molecule has 1 aliphatic carbocycles. The third-order valence-corrected chi connectivity index (χ3v) is 9.73. The van der Waals surface area contributed by atoms with Crippen molar-refractivity contribution < 1.29 is 35.7 Å². The molecular weight excluding hydrogens is 754 g/mol. The predicted molar refractivity (Wildman–Crippen MR) is 200 cm³/mol. The van der Waals surface area contributed by atoms with Crippen LogP contribution < -0.4 is 27.0 Å². The van der Waals surface area contributed by atoms with Gasteiger partial charge in [-0.3, -0.25) is 14.1 Å². The Labute approximate surface area is 316 Å². The second-order valence-corrected chi connectivity index (χ2v) is 14.1. The Morgan fingerprint density at radius 2 is 1.46 bits per heavy atom. The number of aryl methyl sites for hydroxylation is 3. The number of anilines is 8. The number of nitrogens with two attached hydrogens (primary N) is 1. The Bertz CT molecular complexity index is 2750. The van der Waals surface area contributed by atoms with E-state index in [0.29, 0.717) is 33.8 Å². The Morgan fingerprint density at radius 3 is 2.18 bits per heavy atom. The van der Waals surface area contributed by atoms with Crippen molar-refractivity contribution in [1.29, 1.82) is 0 Å². The lowest BCUT2D eigenvalue weighted by molar-refractivity contribution is 0.0980. The van der Waals surface area contributed by atoms with Gasteiger partial charge in [0.1, 0.15) is 11.2 Å². The van der Waals surface area contributed by atoms with Gasteiger partial charge in [0.2, 0.25) is 17.7 Å². The Morgan fingerprint density at radius 1 is 0.768 bits per heavy atom. The van der Waals surface area contributed by atoms with Crippen LogP contribution in [0, 0.1) is 38.6 Å². The van der Waals surface area contributed by atoms with Crippen molar-refractivity contribution in [3.63, 3.8) is 0 Å². The molecule has 0 saturated carbocycles. The summed E-state index contributed by atoms with van der Waals surface area (Å²) in [6.07, 6.45) is -0.274. The van der Waals surface area contributed by atoms with Gasteiger partial charge >= 0.3 is 6.08 Å². The van der Waals surface area contributed by atoms with E-state index in [2.05, 4.69) is 46.2 Å². The molecule has 0 radical (unpaired) electrons. The van der Waals surface area contributed by atoms with Gasteiger partial charge in [-0.05, 0) is 55.7 Å². The third kappa shape index (κ3) is 7.15. The number of aromatic nitrogens is 5. The molecule has 0 aliphatic heterocycles. The summed E-state index contributed by atoms with van der Waals surface area (Å²) in [5.41, 5.74) is 8.71. The molecule has 0 spiro atoms. The molecule has 284 valence electrons. The molecule has 0 unspecified atom stereocenters. The molecule has 56 heavy (non-hydrogen) atoms. The quantitative estimate of drug-likeness (QED) is 0.0498. The number of hydrogen-bond donors (Lipinski definition) is 6. The van der Waals surface area contributed by atoms with Gasteiger partial charge in [-0.1, -0.05) is 48.0 Å². The Balaban J connectivity index is 1.20. The number of halogens is 3. The highest BCUT2D eigenvalue weighted by Crippen LogP contribution is 2.41. The molecule has 0 amide bonds. The molecule has 0 saturated heterocycles. The van der Waals surface area contributed by atoms with Crippen molar-refractivity contribution in [3.8, 4) is 0 Å². The number of carbonyl (C=O) groups excluding carboxylic acids is 2. The maximum atomic E-state index is 14.8. The number of nitrogens with zero attached hydrogens (tertiary/aromatic N) is 5. The summed E-state index contributed by atoms with van der Waals surface area (Å²) in [7, 11) is -4.97. The average Bonchev–Trinajstić information content (AvgIpc) is 3.14. The molecule has 15 nitrogen and oxygen atoms in total. The van der Waals surface area contributed by atoms with Gasteiger partial charge < -0.3 is 27.0 Å². The van der Waals surface area contributed by atoms with Gasteiger partial charge in [-0.2, -0.15) is 36.5 Å². The van der Waals surface area contributed by atoms with Crippen LogP contribution in [-0.2, 0) is 16.7 Å². The molecule has 2 aromatic heterocycles. The summed E-state index contributed by atoms with van der Waals surface area (Å²) in [5, 5.41) is 11.6. The largest absolute Gasteiger partial charge is 0.397 e. The van der Waals surface area contributed by atoms with E-state index < -0.39 is 55.9 Å². The summed E-state index contributed by atoms with van der Waals surface area (Å²) in [4.78, 5) is 45.4. The fourth-order valence-electron chi connectivity index (χ4n) is 6.30. The zero-order valence-corrected chi connectivity index (χ0v) is 30.3. The van der Waals surface area contributed by atoms with Crippen molar-refractivity contribution in [2.24, 2.45) is 0 Å². The summed E-state index contributed by atoms with van der Waals surface area (Å²) in [6, 6.07) is 15.4. The molecule has 0 fully saturated rings. The first-order chi connectivity index (χ1) is 26.6. The highest BCUT2D eigenvalue weighted by atomic mass is 32.2. The number of rotatable bonds is 10. The van der Waals surface area contributed by atoms with Crippen LogP contribution in [0.2, 0.25) is 0 Å². The summed E-state index contributed by atoms with van der Waals surface area (Å²) >= 11 is 0. The smallest absolute Gasteiger partial charge is 0.315 e. The second kappa shape index (κ2) is 14.3. The maximum absolute atomic E-state index is 14.8. The van der Waals surface area contributed by atoms with Crippen LogP contribution in [0.1, 0.15) is 54.1 Å². The molecular formula is C37H29F3N10O5S. The number of benzene rings is 4. The zero-order chi connectivity index (χ0) is 40.1. The van der Waals surface area contributed by atoms with E-state index in [4.69, 9.17) is 5.73 Å². The fourth-order valence-corrected chi connectivity index (χ4v) is 6.95. The van der Waals surface area contributed by atoms with Crippen LogP contribution in [0.4, 0.5) is 59.3 Å². The fraction of sp³-hybridized carbons (Fsp3) is 0.108. The van der Waals surface area contributed by atoms with E-state index >= 15 is 0 Å². The first-order valence-corrected chi connectivity index (χ1v) is 18.0. The minimum absolute atomic E-state index is 0.0267. The minimum Gasteiger partial charge on any atom is -0.397 e. The van der Waals surface area contributed by atoms with E-state index in [1.54, 1.807) is 44.2 Å². The number of fused-ring (bicyclic) bond motifs is 2. The maximum Gasteiger partial charge on any atom is 0.315 e. The summed E-state index contributed by atoms with van der Waals surface area (Å²) in [6.45, 7) is 5.26. The zero-order valence-electron chi connectivity index (χ0n) is 29.5. The van der Waals surface area contributed by atoms with Gasteiger partial charge in [0, 0.05) is 34.7 Å². The number of ketones is 2. The van der Waals surface area contributed by atoms with Crippen molar-refractivity contribution in [3.05, 3.63) is 129 Å². The second-order valence-electron chi connectivity index (χ2n) is 12.7. The molecule has 0 atom stereocenters. The molecule has 7 rings (SSSR count). The van der Waals surface area contributed by atoms with Gasteiger partial charge in [-0.15, -0.1) is 0 Å². The van der Waals surface area contributed by atoms with Gasteiger partial charge in [0.25, 0.3) is 16.1 Å². The Kier molecular flexibility index (Phi) is 9.56. The van der Waals surface area contributed by atoms with Crippen molar-refractivity contribution >= 4 is 67.8 Å². The van der Waals surface area contributed by atoms with Crippen LogP contribution in [0.15, 0.2) is 71.9 Å². The normalized spacial score (nSPS) is 12.2. The third-order valence-electron chi connectivity index (χ3n) is 8.84. The van der Waals surface area contributed by atoms with Crippen molar-refractivity contribution in [2.75, 3.05) is 27.0 Å². The topological polar surface area (TPSA) is 227 Å². The van der Waals surface area contributed by atoms with Crippen molar-refractivity contribution in [1.82, 2.24) is 24.9 Å². The predicted octanol–water partition coefficient (Wildman–Crippen LogP) is 6.45. The van der Waals surface area contributed by atoms with E-state index in [1.165, 1.54) is 18.2 Å². The standard InChI is InChI=1S/C37H29F3N10O5S/c1-16-10-18(3)30(46-24-13-25(56(53,54)55)29(41)27-26(24)31(51)21-6-4-5-7-22(21)32(27)52)19(11-16)14-42-36-48-35(40)49-37(50-36)47-23-12-20(9-8-17(23)2)45-34-28(38)33(39)43-15-44-34/h4-13,15,46H,14,41H2,1-3H3,(H,43,44,45)(H,53,54,55)(H2,42,47,48,49,50). The molecule has 7 N–H and O–H groups in total. The van der Waals surface area contributed by atoms with Crippen LogP contribution in [0.25, 0.3) is 0 Å². The van der Waals surface area contributed by atoms with E-state index in [-0.39, 0.29) is 46.4 Å². The lowest BCUT2D eigenvalue weighted by Crippen LogP contribution is -2.25. The number of nitrogen functional groups attached to an aromatic ring is 1. The Hall–Kier alpha value is -6.99.